The van der Waals surface area contributed by atoms with E-state index >= 15 is 0 Å². The van der Waals surface area contributed by atoms with Gasteiger partial charge in [-0.3, -0.25) is 0 Å². The molecule has 1 aromatic rings. The lowest BCUT2D eigenvalue weighted by molar-refractivity contribution is 0.198. The second-order valence-corrected chi connectivity index (χ2v) is 3.26. The van der Waals surface area contributed by atoms with E-state index in [0.717, 1.165) is 15.9 Å². The van der Waals surface area contributed by atoms with Gasteiger partial charge in [0.1, 0.15) is 4.60 Å². The molecular weight excluding hydrogens is 206 g/mol. The first-order valence-electron chi connectivity index (χ1n) is 3.42. The monoisotopic (exact) mass is 215 g/mol. The predicted octanol–water partition coefficient (Wildman–Crippen LogP) is 2.21. The van der Waals surface area contributed by atoms with Crippen molar-refractivity contribution in [3.63, 3.8) is 0 Å². The van der Waals surface area contributed by atoms with Crippen LogP contribution in [-0.4, -0.2) is 10.1 Å². The summed E-state index contributed by atoms with van der Waals surface area (Å²) in [7, 11) is 0. The number of halogens is 1. The van der Waals surface area contributed by atoms with E-state index in [1.807, 2.05) is 19.1 Å². The maximum Gasteiger partial charge on any atom is 0.112 e. The fraction of sp³-hybridized carbons (Fsp3) is 0.375. The van der Waals surface area contributed by atoms with Crippen LogP contribution in [0.2, 0.25) is 0 Å². The first kappa shape index (κ1) is 8.68. The number of aromatic nitrogens is 1. The van der Waals surface area contributed by atoms with E-state index in [1.165, 1.54) is 0 Å². The summed E-state index contributed by atoms with van der Waals surface area (Å²) in [6.45, 7) is 3.63. The number of nitrogens with zero attached hydrogens (tertiary/aromatic N) is 1. The van der Waals surface area contributed by atoms with Crippen molar-refractivity contribution in [3.05, 3.63) is 28.0 Å². The summed E-state index contributed by atoms with van der Waals surface area (Å²) < 4.78 is 0.729. The van der Waals surface area contributed by atoms with Gasteiger partial charge in [0.2, 0.25) is 0 Å². The van der Waals surface area contributed by atoms with Crippen molar-refractivity contribution in [1.29, 1.82) is 0 Å². The average Bonchev–Trinajstić information content (AvgIpc) is 1.85. The molecule has 1 aromatic heterocycles. The molecule has 11 heavy (non-hydrogen) atoms. The number of aliphatic hydroxyl groups excluding tert-OH is 1. The second kappa shape index (κ2) is 3.32. The lowest BCUT2D eigenvalue weighted by Crippen LogP contribution is -1.95. The highest BCUT2D eigenvalue weighted by molar-refractivity contribution is 9.10. The Morgan fingerprint density at radius 2 is 2.18 bits per heavy atom. The summed E-state index contributed by atoms with van der Waals surface area (Å²) in [5.74, 6) is 0. The third-order valence-electron chi connectivity index (χ3n) is 1.47. The molecule has 0 aliphatic rings. The minimum absolute atomic E-state index is 0.461. The highest BCUT2D eigenvalue weighted by Crippen LogP contribution is 2.20. The highest BCUT2D eigenvalue weighted by atomic mass is 79.9. The molecule has 60 valence electrons. The van der Waals surface area contributed by atoms with Gasteiger partial charge >= 0.3 is 0 Å². The summed E-state index contributed by atoms with van der Waals surface area (Å²) in [6, 6.07) is 3.75. The SMILES string of the molecule is Cc1ccc(C(C)O)c(Br)n1. The topological polar surface area (TPSA) is 33.1 Å². The maximum absolute atomic E-state index is 9.23. The first-order chi connectivity index (χ1) is 5.11. The number of pyridine rings is 1. The van der Waals surface area contributed by atoms with Gasteiger partial charge in [-0.15, -0.1) is 0 Å². The van der Waals surface area contributed by atoms with Crippen LogP contribution in [0.15, 0.2) is 16.7 Å². The Labute approximate surface area is 74.4 Å². The Morgan fingerprint density at radius 3 is 2.64 bits per heavy atom. The summed E-state index contributed by atoms with van der Waals surface area (Å²) in [5, 5.41) is 9.23. The van der Waals surface area contributed by atoms with Crippen LogP contribution in [0.4, 0.5) is 0 Å². The average molecular weight is 216 g/mol. The van der Waals surface area contributed by atoms with Crippen LogP contribution in [-0.2, 0) is 0 Å². The molecule has 0 spiro atoms. The first-order valence-corrected chi connectivity index (χ1v) is 4.21. The van der Waals surface area contributed by atoms with Crippen LogP contribution in [0.5, 0.6) is 0 Å². The summed E-state index contributed by atoms with van der Waals surface area (Å²) in [4.78, 5) is 4.15. The second-order valence-electron chi connectivity index (χ2n) is 2.51. The molecule has 3 heteroatoms. The van der Waals surface area contributed by atoms with Gasteiger partial charge in [-0.1, -0.05) is 6.07 Å². The van der Waals surface area contributed by atoms with Crippen molar-refractivity contribution >= 4 is 15.9 Å². The summed E-state index contributed by atoms with van der Waals surface area (Å²) in [6.07, 6.45) is -0.461. The molecule has 1 heterocycles. The molecular formula is C8H10BrNO. The Morgan fingerprint density at radius 1 is 1.55 bits per heavy atom. The third-order valence-corrected chi connectivity index (χ3v) is 2.10. The Hall–Kier alpha value is -0.410. The van der Waals surface area contributed by atoms with E-state index in [9.17, 15) is 5.11 Å². The lowest BCUT2D eigenvalue weighted by atomic mass is 10.2. The van der Waals surface area contributed by atoms with Crippen LogP contribution in [0, 0.1) is 6.92 Å². The predicted molar refractivity (Wildman–Crippen MR) is 47.3 cm³/mol. The van der Waals surface area contributed by atoms with Crippen molar-refractivity contribution in [3.8, 4) is 0 Å². The fourth-order valence-corrected chi connectivity index (χ4v) is 1.59. The molecule has 1 N–H and O–H groups in total. The van der Waals surface area contributed by atoms with Crippen molar-refractivity contribution in [2.75, 3.05) is 0 Å². The van der Waals surface area contributed by atoms with Crippen molar-refractivity contribution in [1.82, 2.24) is 4.98 Å². The zero-order chi connectivity index (χ0) is 8.43. The zero-order valence-electron chi connectivity index (χ0n) is 6.50. The minimum atomic E-state index is -0.461. The molecule has 0 saturated heterocycles. The van der Waals surface area contributed by atoms with E-state index < -0.39 is 6.10 Å². The van der Waals surface area contributed by atoms with E-state index in [2.05, 4.69) is 20.9 Å². The zero-order valence-corrected chi connectivity index (χ0v) is 8.09. The number of rotatable bonds is 1. The normalized spacial score (nSPS) is 13.1. The molecule has 0 aliphatic carbocycles. The molecule has 0 aromatic carbocycles. The fourth-order valence-electron chi connectivity index (χ4n) is 0.847. The standard InChI is InChI=1S/C8H10BrNO/c1-5-3-4-7(6(2)11)8(9)10-5/h3-4,6,11H,1-2H3. The number of hydrogen-bond acceptors (Lipinski definition) is 2. The molecule has 0 radical (unpaired) electrons. The maximum atomic E-state index is 9.23. The van der Waals surface area contributed by atoms with E-state index in [-0.39, 0.29) is 0 Å². The molecule has 0 amide bonds. The van der Waals surface area contributed by atoms with Gasteiger partial charge in [-0.2, -0.15) is 0 Å². The number of hydrogen-bond donors (Lipinski definition) is 1. The Balaban J connectivity index is 3.09. The van der Waals surface area contributed by atoms with Crippen LogP contribution in [0.1, 0.15) is 24.3 Å². The molecule has 0 saturated carbocycles. The van der Waals surface area contributed by atoms with Crippen LogP contribution >= 0.6 is 15.9 Å². The van der Waals surface area contributed by atoms with E-state index in [1.54, 1.807) is 6.92 Å². The quantitative estimate of drug-likeness (QED) is 0.730. The van der Waals surface area contributed by atoms with Crippen molar-refractivity contribution in [2.24, 2.45) is 0 Å². The van der Waals surface area contributed by atoms with Crippen molar-refractivity contribution < 1.29 is 5.11 Å². The van der Waals surface area contributed by atoms with Gasteiger partial charge in [0.25, 0.3) is 0 Å². The third kappa shape index (κ3) is 2.01. The lowest BCUT2D eigenvalue weighted by Gasteiger charge is -2.06. The molecule has 0 bridgehead atoms. The van der Waals surface area contributed by atoms with Gasteiger partial charge < -0.3 is 5.11 Å². The van der Waals surface area contributed by atoms with Gasteiger partial charge in [-0.25, -0.2) is 4.98 Å². The highest BCUT2D eigenvalue weighted by Gasteiger charge is 2.05. The van der Waals surface area contributed by atoms with Gasteiger partial charge in [0.05, 0.1) is 6.10 Å². The number of aliphatic hydroxyl groups is 1. The molecule has 1 rings (SSSR count). The Bertz CT molecular complexity index is 260. The van der Waals surface area contributed by atoms with Gasteiger partial charge in [-0.05, 0) is 35.8 Å². The largest absolute Gasteiger partial charge is 0.389 e. The number of aryl methyl sites for hydroxylation is 1. The van der Waals surface area contributed by atoms with Gasteiger partial charge in [0, 0.05) is 11.3 Å². The molecule has 0 aliphatic heterocycles. The summed E-state index contributed by atoms with van der Waals surface area (Å²) >= 11 is 3.28. The molecule has 2 nitrogen and oxygen atoms in total. The van der Waals surface area contributed by atoms with Gasteiger partial charge in [0.15, 0.2) is 0 Å². The van der Waals surface area contributed by atoms with Crippen molar-refractivity contribution in [2.45, 2.75) is 20.0 Å². The smallest absolute Gasteiger partial charge is 0.112 e. The summed E-state index contributed by atoms with van der Waals surface area (Å²) in [5.41, 5.74) is 1.77. The van der Waals surface area contributed by atoms with Crippen LogP contribution < -0.4 is 0 Å². The molecule has 1 atom stereocenters. The Kier molecular flexibility index (Phi) is 2.62. The minimum Gasteiger partial charge on any atom is -0.389 e. The van der Waals surface area contributed by atoms with Crippen LogP contribution in [0.3, 0.4) is 0 Å². The molecule has 1 unspecified atom stereocenters. The molecule has 0 fully saturated rings. The van der Waals surface area contributed by atoms with E-state index in [4.69, 9.17) is 0 Å². The van der Waals surface area contributed by atoms with Crippen LogP contribution in [0.25, 0.3) is 0 Å². The van der Waals surface area contributed by atoms with E-state index in [0.29, 0.717) is 0 Å².